The summed E-state index contributed by atoms with van der Waals surface area (Å²) in [5.74, 6) is -2.46. The molecule has 0 saturated carbocycles. The number of nitrogens with zero attached hydrogens (tertiary/aromatic N) is 2. The van der Waals surface area contributed by atoms with E-state index in [0.29, 0.717) is 11.5 Å². The van der Waals surface area contributed by atoms with Gasteiger partial charge in [-0.3, -0.25) is 9.59 Å². The SMILES string of the molecule is Cc1cc(CC(=O)N2CC(O)CC2C(=O)NCc2c(F)cc(Cl)cc2F)on1. The van der Waals surface area contributed by atoms with Gasteiger partial charge in [0.1, 0.15) is 23.4 Å². The fraction of sp³-hybridized carbons (Fsp3) is 0.389. The van der Waals surface area contributed by atoms with Gasteiger partial charge in [-0.15, -0.1) is 0 Å². The van der Waals surface area contributed by atoms with Crippen molar-refractivity contribution in [2.75, 3.05) is 6.54 Å². The third-order valence-electron chi connectivity index (χ3n) is 4.45. The minimum atomic E-state index is -0.954. The number of hydrogen-bond acceptors (Lipinski definition) is 5. The van der Waals surface area contributed by atoms with Gasteiger partial charge in [-0.25, -0.2) is 8.78 Å². The van der Waals surface area contributed by atoms with Crippen molar-refractivity contribution in [2.24, 2.45) is 0 Å². The standard InChI is InChI=1S/C18H18ClF2N3O4/c1-9-2-12(28-23-9)6-17(26)24-8-11(25)5-16(24)18(27)22-7-13-14(20)3-10(19)4-15(13)21/h2-4,11,16,25H,5-8H2,1H3,(H,22,27). The molecule has 0 spiro atoms. The van der Waals surface area contributed by atoms with Crippen molar-refractivity contribution in [3.05, 3.63) is 51.9 Å². The number of nitrogens with one attached hydrogen (secondary N) is 1. The Hall–Kier alpha value is -2.52. The molecule has 28 heavy (non-hydrogen) atoms. The number of halogens is 3. The number of aliphatic hydroxyl groups is 1. The molecule has 0 bridgehead atoms. The van der Waals surface area contributed by atoms with Crippen LogP contribution < -0.4 is 5.32 Å². The molecule has 1 saturated heterocycles. The average molecular weight is 414 g/mol. The monoisotopic (exact) mass is 413 g/mol. The van der Waals surface area contributed by atoms with Crippen LogP contribution in [0.15, 0.2) is 22.7 Å². The molecule has 10 heteroatoms. The predicted octanol–water partition coefficient (Wildman–Crippen LogP) is 1.74. The van der Waals surface area contributed by atoms with E-state index in [1.807, 2.05) is 0 Å². The number of hydrogen-bond donors (Lipinski definition) is 2. The quantitative estimate of drug-likeness (QED) is 0.778. The maximum atomic E-state index is 13.9. The number of aryl methyl sites for hydroxylation is 1. The molecule has 1 aromatic heterocycles. The number of rotatable bonds is 5. The van der Waals surface area contributed by atoms with E-state index in [1.165, 1.54) is 4.90 Å². The van der Waals surface area contributed by atoms with Crippen molar-refractivity contribution < 1.29 is 28.0 Å². The normalized spacial score (nSPS) is 19.1. The Morgan fingerprint density at radius 2 is 2.04 bits per heavy atom. The molecule has 2 aromatic rings. The van der Waals surface area contributed by atoms with Crippen molar-refractivity contribution in [3.8, 4) is 0 Å². The van der Waals surface area contributed by atoms with Crippen LogP contribution in [0.4, 0.5) is 8.78 Å². The number of carbonyl (C=O) groups excluding carboxylic acids is 2. The molecule has 2 amide bonds. The topological polar surface area (TPSA) is 95.7 Å². The van der Waals surface area contributed by atoms with Gasteiger partial charge in [-0.2, -0.15) is 0 Å². The summed E-state index contributed by atoms with van der Waals surface area (Å²) in [4.78, 5) is 26.2. The van der Waals surface area contributed by atoms with Crippen LogP contribution in [0.25, 0.3) is 0 Å². The minimum absolute atomic E-state index is 0.0201. The number of carbonyl (C=O) groups is 2. The van der Waals surface area contributed by atoms with Crippen LogP contribution in [0.2, 0.25) is 5.02 Å². The third kappa shape index (κ3) is 4.48. The Bertz CT molecular complexity index is 882. The van der Waals surface area contributed by atoms with E-state index in [4.69, 9.17) is 16.1 Å². The van der Waals surface area contributed by atoms with Gasteiger partial charge in [0.15, 0.2) is 0 Å². The number of aromatic nitrogens is 1. The number of benzene rings is 1. The lowest BCUT2D eigenvalue weighted by Crippen LogP contribution is -2.46. The summed E-state index contributed by atoms with van der Waals surface area (Å²) >= 11 is 5.58. The number of β-amino-alcohol motifs (C(OH)–C–C–N with tert-alkyl or cyclic N) is 1. The van der Waals surface area contributed by atoms with Gasteiger partial charge in [0.2, 0.25) is 11.8 Å². The van der Waals surface area contributed by atoms with E-state index in [1.54, 1.807) is 13.0 Å². The third-order valence-corrected chi connectivity index (χ3v) is 4.67. The average Bonchev–Trinajstić information content (AvgIpc) is 3.19. The molecule has 2 heterocycles. The van der Waals surface area contributed by atoms with Gasteiger partial charge in [-0.05, 0) is 19.1 Å². The van der Waals surface area contributed by atoms with Crippen LogP contribution in [-0.2, 0) is 22.6 Å². The highest BCUT2D eigenvalue weighted by Gasteiger charge is 2.39. The molecule has 7 nitrogen and oxygen atoms in total. The summed E-state index contributed by atoms with van der Waals surface area (Å²) in [6.45, 7) is 1.28. The van der Waals surface area contributed by atoms with Gasteiger partial charge >= 0.3 is 0 Å². The van der Waals surface area contributed by atoms with Gasteiger partial charge in [0.05, 0.1) is 18.2 Å². The Balaban J connectivity index is 1.66. The first-order valence-electron chi connectivity index (χ1n) is 8.55. The van der Waals surface area contributed by atoms with E-state index >= 15 is 0 Å². The molecule has 1 aromatic carbocycles. The lowest BCUT2D eigenvalue weighted by Gasteiger charge is -2.23. The highest BCUT2D eigenvalue weighted by molar-refractivity contribution is 6.30. The van der Waals surface area contributed by atoms with Crippen LogP contribution in [0.5, 0.6) is 0 Å². The Kier molecular flexibility index (Phi) is 5.95. The number of aliphatic hydroxyl groups excluding tert-OH is 1. The fourth-order valence-electron chi connectivity index (χ4n) is 3.12. The zero-order valence-corrected chi connectivity index (χ0v) is 15.7. The Labute approximate surface area is 164 Å². The van der Waals surface area contributed by atoms with E-state index in [0.717, 1.165) is 12.1 Å². The Morgan fingerprint density at radius 3 is 2.64 bits per heavy atom. The summed E-state index contributed by atoms with van der Waals surface area (Å²) in [5.41, 5.74) is 0.275. The molecule has 0 aliphatic carbocycles. The van der Waals surface area contributed by atoms with Gasteiger partial charge < -0.3 is 19.8 Å². The second kappa shape index (κ2) is 8.24. The van der Waals surface area contributed by atoms with Crippen LogP contribution in [0.3, 0.4) is 0 Å². The predicted molar refractivity (Wildman–Crippen MR) is 94.3 cm³/mol. The van der Waals surface area contributed by atoms with Gasteiger partial charge in [0, 0.05) is 36.2 Å². The lowest BCUT2D eigenvalue weighted by molar-refractivity contribution is -0.138. The molecule has 1 fully saturated rings. The summed E-state index contributed by atoms with van der Waals surface area (Å²) in [6.07, 6.45) is -0.962. The molecular formula is C18H18ClF2N3O4. The maximum Gasteiger partial charge on any atom is 0.243 e. The van der Waals surface area contributed by atoms with Crippen molar-refractivity contribution >= 4 is 23.4 Å². The molecule has 0 radical (unpaired) electrons. The smallest absolute Gasteiger partial charge is 0.243 e. The summed E-state index contributed by atoms with van der Waals surface area (Å²) < 4.78 is 32.7. The molecule has 1 aliphatic rings. The number of amides is 2. The summed E-state index contributed by atoms with van der Waals surface area (Å²) in [5, 5.41) is 15.9. The molecular weight excluding hydrogens is 396 g/mol. The second-order valence-corrected chi connectivity index (χ2v) is 7.07. The lowest BCUT2D eigenvalue weighted by atomic mass is 10.1. The van der Waals surface area contributed by atoms with Crippen LogP contribution >= 0.6 is 11.6 Å². The first-order chi connectivity index (χ1) is 13.2. The molecule has 1 aliphatic heterocycles. The molecule has 3 rings (SSSR count). The largest absolute Gasteiger partial charge is 0.391 e. The van der Waals surface area contributed by atoms with Gasteiger partial charge in [0.25, 0.3) is 0 Å². The molecule has 2 unspecified atom stereocenters. The zero-order chi connectivity index (χ0) is 20.4. The number of likely N-dealkylation sites (tertiary alicyclic amines) is 1. The van der Waals surface area contributed by atoms with E-state index in [-0.39, 0.29) is 30.0 Å². The first kappa shape index (κ1) is 20.2. The maximum absolute atomic E-state index is 13.9. The summed E-state index contributed by atoms with van der Waals surface area (Å²) in [7, 11) is 0. The van der Waals surface area contributed by atoms with Crippen molar-refractivity contribution in [3.63, 3.8) is 0 Å². The van der Waals surface area contributed by atoms with E-state index in [9.17, 15) is 23.5 Å². The van der Waals surface area contributed by atoms with E-state index in [2.05, 4.69) is 10.5 Å². The van der Waals surface area contributed by atoms with Crippen LogP contribution in [-0.4, -0.2) is 45.7 Å². The summed E-state index contributed by atoms with van der Waals surface area (Å²) in [6, 6.07) is 2.54. The second-order valence-electron chi connectivity index (χ2n) is 6.63. The van der Waals surface area contributed by atoms with Crippen LogP contribution in [0.1, 0.15) is 23.4 Å². The molecule has 150 valence electrons. The zero-order valence-electron chi connectivity index (χ0n) is 14.9. The Morgan fingerprint density at radius 1 is 1.36 bits per heavy atom. The van der Waals surface area contributed by atoms with Gasteiger partial charge in [-0.1, -0.05) is 16.8 Å². The highest BCUT2D eigenvalue weighted by atomic mass is 35.5. The molecule has 2 atom stereocenters. The first-order valence-corrected chi connectivity index (χ1v) is 8.93. The van der Waals surface area contributed by atoms with Crippen molar-refractivity contribution in [2.45, 2.75) is 38.5 Å². The fourth-order valence-corrected chi connectivity index (χ4v) is 3.31. The highest BCUT2D eigenvalue weighted by Crippen LogP contribution is 2.22. The van der Waals surface area contributed by atoms with Crippen molar-refractivity contribution in [1.82, 2.24) is 15.4 Å². The minimum Gasteiger partial charge on any atom is -0.391 e. The van der Waals surface area contributed by atoms with Crippen molar-refractivity contribution in [1.29, 1.82) is 0 Å². The van der Waals surface area contributed by atoms with E-state index < -0.39 is 42.1 Å². The molecule has 2 N–H and O–H groups in total. The van der Waals surface area contributed by atoms with Crippen LogP contribution in [0, 0.1) is 18.6 Å².